The lowest BCUT2D eigenvalue weighted by molar-refractivity contribution is 0.128. The quantitative estimate of drug-likeness (QED) is 0.462. The van der Waals surface area contributed by atoms with Gasteiger partial charge in [-0.25, -0.2) is 9.37 Å². The number of aromatic nitrogens is 4. The van der Waals surface area contributed by atoms with Crippen LogP contribution in [0.2, 0.25) is 0 Å². The Balaban J connectivity index is 1.47. The molecule has 0 radical (unpaired) electrons. The van der Waals surface area contributed by atoms with Crippen molar-refractivity contribution >= 4 is 17.2 Å². The molecular weight excluding hydrogens is 431 g/mol. The van der Waals surface area contributed by atoms with Crippen molar-refractivity contribution in [3.63, 3.8) is 0 Å². The van der Waals surface area contributed by atoms with Crippen LogP contribution in [0.4, 0.5) is 4.39 Å². The van der Waals surface area contributed by atoms with Crippen LogP contribution in [0, 0.1) is 11.7 Å². The van der Waals surface area contributed by atoms with Crippen molar-refractivity contribution in [1.29, 1.82) is 0 Å². The number of benzene rings is 2. The average molecular weight is 457 g/mol. The lowest BCUT2D eigenvalue weighted by Crippen LogP contribution is -2.48. The number of methoxy groups -OCH3 is 1. The second kappa shape index (κ2) is 7.99. The van der Waals surface area contributed by atoms with Gasteiger partial charge in [-0.3, -0.25) is 4.99 Å². The number of imidazole rings is 1. The lowest BCUT2D eigenvalue weighted by Gasteiger charge is -2.38. The fourth-order valence-corrected chi connectivity index (χ4v) is 5.01. The van der Waals surface area contributed by atoms with Crippen molar-refractivity contribution in [2.75, 3.05) is 27.2 Å². The van der Waals surface area contributed by atoms with Crippen LogP contribution in [0.25, 0.3) is 39.5 Å². The van der Waals surface area contributed by atoms with E-state index in [4.69, 9.17) is 9.73 Å². The van der Waals surface area contributed by atoms with E-state index in [-0.39, 0.29) is 11.9 Å². The van der Waals surface area contributed by atoms with Crippen LogP contribution in [-0.2, 0) is 6.54 Å². The molecular formula is C26H25FN6O. The molecule has 0 spiro atoms. The molecule has 7 nitrogen and oxygen atoms in total. The Morgan fingerprint density at radius 3 is 2.74 bits per heavy atom. The maximum atomic E-state index is 15.2. The summed E-state index contributed by atoms with van der Waals surface area (Å²) in [5.41, 5.74) is 4.27. The molecule has 1 saturated heterocycles. The topological polar surface area (TPSA) is 68.4 Å². The van der Waals surface area contributed by atoms with Crippen LogP contribution in [0.5, 0.6) is 5.75 Å². The van der Waals surface area contributed by atoms with E-state index in [1.54, 1.807) is 25.7 Å². The Labute approximate surface area is 196 Å². The molecule has 1 atom stereocenters. The molecule has 0 amide bonds. The molecule has 0 bridgehead atoms. The molecule has 4 aromatic rings. The van der Waals surface area contributed by atoms with Gasteiger partial charge in [-0.05, 0) is 43.0 Å². The minimum atomic E-state index is -0.313. The Bertz CT molecular complexity index is 1540. The maximum absolute atomic E-state index is 15.2. The van der Waals surface area contributed by atoms with Crippen molar-refractivity contribution in [3.05, 3.63) is 59.2 Å². The Morgan fingerprint density at radius 2 is 1.97 bits per heavy atom. The second-order valence-corrected chi connectivity index (χ2v) is 9.03. The van der Waals surface area contributed by atoms with Gasteiger partial charge in [0, 0.05) is 48.3 Å². The molecule has 1 unspecified atom stereocenters. The Morgan fingerprint density at radius 1 is 1.12 bits per heavy atom. The lowest BCUT2D eigenvalue weighted by atomic mass is 9.92. The van der Waals surface area contributed by atoms with Gasteiger partial charge in [0.2, 0.25) is 0 Å². The Hall–Kier alpha value is -3.65. The molecule has 4 heterocycles. The predicted molar refractivity (Wildman–Crippen MR) is 128 cm³/mol. The summed E-state index contributed by atoms with van der Waals surface area (Å²) in [4.78, 5) is 11.7. The fraction of sp³-hybridized carbons (Fsp3) is 0.308. The third-order valence-electron chi connectivity index (χ3n) is 6.88. The SMILES string of the molecule is CCn1cnc2c(-c3ccc(F)c(-c4cc5c(cc4OC)=NC(C4CN(C)C4)C=5)c3)cnnc21. The molecule has 0 N–H and O–H groups in total. The highest BCUT2D eigenvalue weighted by molar-refractivity contribution is 5.90. The number of fused-ring (bicyclic) bond motifs is 2. The number of ether oxygens (including phenoxy) is 1. The van der Waals surface area contributed by atoms with Gasteiger partial charge < -0.3 is 14.2 Å². The number of nitrogens with zero attached hydrogens (tertiary/aromatic N) is 6. The molecule has 2 aliphatic rings. The number of aryl methyl sites for hydroxylation is 1. The summed E-state index contributed by atoms with van der Waals surface area (Å²) in [6.45, 7) is 4.86. The summed E-state index contributed by atoms with van der Waals surface area (Å²) < 4.78 is 22.8. The molecule has 6 rings (SSSR count). The molecule has 2 aromatic heterocycles. The van der Waals surface area contributed by atoms with Crippen LogP contribution >= 0.6 is 0 Å². The number of hydrogen-bond donors (Lipinski definition) is 0. The second-order valence-electron chi connectivity index (χ2n) is 9.03. The van der Waals surface area contributed by atoms with Crippen molar-refractivity contribution in [2.45, 2.75) is 19.5 Å². The molecule has 0 aliphatic carbocycles. The highest BCUT2D eigenvalue weighted by atomic mass is 19.1. The fourth-order valence-electron chi connectivity index (χ4n) is 5.01. The van der Waals surface area contributed by atoms with Gasteiger partial charge in [0.05, 0.1) is 31.0 Å². The third kappa shape index (κ3) is 3.28. The number of halogens is 1. The van der Waals surface area contributed by atoms with Crippen LogP contribution in [0.15, 0.2) is 47.8 Å². The first kappa shape index (κ1) is 20.9. The van der Waals surface area contributed by atoms with E-state index in [0.717, 1.165) is 46.9 Å². The van der Waals surface area contributed by atoms with E-state index >= 15 is 4.39 Å². The molecule has 172 valence electrons. The molecule has 1 fully saturated rings. The van der Waals surface area contributed by atoms with Crippen molar-refractivity contribution < 1.29 is 9.13 Å². The number of rotatable bonds is 5. The third-order valence-corrected chi connectivity index (χ3v) is 6.88. The minimum Gasteiger partial charge on any atom is -0.496 e. The first-order chi connectivity index (χ1) is 16.6. The van der Waals surface area contributed by atoms with Gasteiger partial charge in [-0.2, -0.15) is 5.10 Å². The molecule has 0 saturated carbocycles. The predicted octanol–water partition coefficient (Wildman–Crippen LogP) is 2.67. The largest absolute Gasteiger partial charge is 0.496 e. The summed E-state index contributed by atoms with van der Waals surface area (Å²) in [6, 6.07) is 9.16. The van der Waals surface area contributed by atoms with Crippen molar-refractivity contribution in [2.24, 2.45) is 10.9 Å². The van der Waals surface area contributed by atoms with Gasteiger partial charge in [-0.1, -0.05) is 12.1 Å². The molecule has 34 heavy (non-hydrogen) atoms. The number of likely N-dealkylation sites (tertiary alicyclic amines) is 1. The van der Waals surface area contributed by atoms with Crippen LogP contribution < -0.4 is 15.3 Å². The first-order valence-electron chi connectivity index (χ1n) is 11.5. The van der Waals surface area contributed by atoms with Crippen LogP contribution in [-0.4, -0.2) is 57.9 Å². The van der Waals surface area contributed by atoms with Crippen molar-refractivity contribution in [3.8, 4) is 28.0 Å². The highest BCUT2D eigenvalue weighted by Gasteiger charge is 2.31. The smallest absolute Gasteiger partial charge is 0.183 e. The highest BCUT2D eigenvalue weighted by Crippen LogP contribution is 2.35. The summed E-state index contributed by atoms with van der Waals surface area (Å²) in [5, 5.41) is 10.3. The van der Waals surface area contributed by atoms with E-state index in [9.17, 15) is 0 Å². The van der Waals surface area contributed by atoms with E-state index < -0.39 is 0 Å². The van der Waals surface area contributed by atoms with Crippen molar-refractivity contribution in [1.82, 2.24) is 24.6 Å². The summed E-state index contributed by atoms with van der Waals surface area (Å²) in [7, 11) is 3.73. The van der Waals surface area contributed by atoms with E-state index in [2.05, 4.69) is 33.2 Å². The maximum Gasteiger partial charge on any atom is 0.183 e. The Kier molecular flexibility index (Phi) is 4.91. The molecule has 8 heteroatoms. The van der Waals surface area contributed by atoms with Crippen LogP contribution in [0.3, 0.4) is 0 Å². The summed E-state index contributed by atoms with van der Waals surface area (Å²) in [5.74, 6) is 0.814. The molecule has 2 aromatic carbocycles. The zero-order valence-electron chi connectivity index (χ0n) is 19.4. The standard InChI is InChI=1S/C26H25FN6O/c1-4-33-14-28-25-20(11-29-31-26(25)33)15-5-6-21(27)18(7-15)19-8-16-9-22(17-12-32(2)13-17)30-23(16)10-24(19)34-3/h5-11,14,17,22H,4,12-13H2,1-3H3. The van der Waals surface area contributed by atoms with Gasteiger partial charge in [-0.15, -0.1) is 5.10 Å². The monoisotopic (exact) mass is 456 g/mol. The number of hydrogen-bond acceptors (Lipinski definition) is 6. The van der Waals surface area contributed by atoms with Gasteiger partial charge >= 0.3 is 0 Å². The van der Waals surface area contributed by atoms with Gasteiger partial charge in [0.25, 0.3) is 0 Å². The zero-order chi connectivity index (χ0) is 23.4. The van der Waals surface area contributed by atoms with E-state index in [1.807, 2.05) is 29.7 Å². The first-order valence-corrected chi connectivity index (χ1v) is 11.5. The van der Waals surface area contributed by atoms with Gasteiger partial charge in [0.15, 0.2) is 5.65 Å². The molecule has 2 aliphatic heterocycles. The zero-order valence-corrected chi connectivity index (χ0v) is 19.4. The van der Waals surface area contributed by atoms with E-state index in [0.29, 0.717) is 28.4 Å². The van der Waals surface area contributed by atoms with Crippen LogP contribution in [0.1, 0.15) is 6.92 Å². The minimum absolute atomic E-state index is 0.159. The summed E-state index contributed by atoms with van der Waals surface area (Å²) >= 11 is 0. The van der Waals surface area contributed by atoms with E-state index in [1.165, 1.54) is 6.07 Å². The average Bonchev–Trinajstić information content (AvgIpc) is 3.44. The van der Waals surface area contributed by atoms with Gasteiger partial charge in [0.1, 0.15) is 17.1 Å². The summed E-state index contributed by atoms with van der Waals surface area (Å²) in [6.07, 6.45) is 5.64. The normalized spacial score (nSPS) is 17.8.